The molecular weight excluding hydrogens is 386 g/mol. The van der Waals surface area contributed by atoms with E-state index in [-0.39, 0.29) is 5.91 Å². The number of carbonyl (C=O) groups is 1. The fraction of sp³-hybridized carbons (Fsp3) is 0.227. The minimum Gasteiger partial charge on any atom is -0.336 e. The quantitative estimate of drug-likeness (QED) is 0.534. The fourth-order valence-corrected chi connectivity index (χ4v) is 3.72. The van der Waals surface area contributed by atoms with Gasteiger partial charge in [0.25, 0.3) is 5.91 Å². The highest BCUT2D eigenvalue weighted by Crippen LogP contribution is 2.22. The van der Waals surface area contributed by atoms with Crippen LogP contribution < -0.4 is 0 Å². The molecule has 0 aliphatic heterocycles. The molecule has 1 amide bonds. The molecule has 2 aromatic carbocycles. The number of fused-ring (bicyclic) bond motifs is 1. The first-order chi connectivity index (χ1) is 14.0. The number of para-hydroxylation sites is 1. The standard InChI is InChI=1S/C22H22ClN5O/c1-14-18(15(2)28(26-14)12-16-8-4-6-10-19(16)23)13-27(3)22(29)21-17-9-5-7-11-20(17)24-25-21/h4-11H,12-13H2,1-3H3,(H,24,25). The third-order valence-electron chi connectivity index (χ3n) is 5.22. The summed E-state index contributed by atoms with van der Waals surface area (Å²) in [5, 5.41) is 13.4. The van der Waals surface area contributed by atoms with Crippen LogP contribution in [0.25, 0.3) is 10.9 Å². The van der Waals surface area contributed by atoms with Gasteiger partial charge >= 0.3 is 0 Å². The van der Waals surface area contributed by atoms with E-state index in [1.54, 1.807) is 11.9 Å². The molecule has 7 heteroatoms. The molecule has 0 spiro atoms. The van der Waals surface area contributed by atoms with E-state index in [1.165, 1.54) is 0 Å². The molecule has 4 aromatic rings. The summed E-state index contributed by atoms with van der Waals surface area (Å²) in [6.45, 7) is 5.04. The average molecular weight is 408 g/mol. The number of H-pyrrole nitrogens is 1. The second kappa shape index (κ2) is 7.72. The Labute approximate surface area is 174 Å². The van der Waals surface area contributed by atoms with Crippen molar-refractivity contribution in [3.05, 3.63) is 81.8 Å². The van der Waals surface area contributed by atoms with Crippen LogP contribution in [-0.4, -0.2) is 37.8 Å². The fourth-order valence-electron chi connectivity index (χ4n) is 3.52. The molecule has 0 radical (unpaired) electrons. The van der Waals surface area contributed by atoms with E-state index in [0.29, 0.717) is 18.8 Å². The molecule has 4 rings (SSSR count). The first-order valence-corrected chi connectivity index (χ1v) is 9.78. The van der Waals surface area contributed by atoms with Crippen molar-refractivity contribution < 1.29 is 4.79 Å². The van der Waals surface area contributed by atoms with E-state index in [2.05, 4.69) is 15.3 Å². The van der Waals surface area contributed by atoms with Crippen LogP contribution >= 0.6 is 11.6 Å². The van der Waals surface area contributed by atoms with Crippen LogP contribution in [0.15, 0.2) is 48.5 Å². The van der Waals surface area contributed by atoms with Crippen molar-refractivity contribution in [1.82, 2.24) is 24.9 Å². The lowest BCUT2D eigenvalue weighted by Gasteiger charge is -2.16. The van der Waals surface area contributed by atoms with Gasteiger partial charge in [0.2, 0.25) is 0 Å². The topological polar surface area (TPSA) is 66.8 Å². The van der Waals surface area contributed by atoms with Gasteiger partial charge in [-0.05, 0) is 31.5 Å². The van der Waals surface area contributed by atoms with Gasteiger partial charge in [-0.25, -0.2) is 0 Å². The summed E-state index contributed by atoms with van der Waals surface area (Å²) < 4.78 is 1.94. The van der Waals surface area contributed by atoms with Gasteiger partial charge in [0.1, 0.15) is 0 Å². The molecule has 1 N–H and O–H groups in total. The first kappa shape index (κ1) is 19.2. The second-order valence-corrected chi connectivity index (χ2v) is 7.58. The number of aromatic amines is 1. The van der Waals surface area contributed by atoms with Crippen molar-refractivity contribution in [2.24, 2.45) is 0 Å². The highest BCUT2D eigenvalue weighted by atomic mass is 35.5. The van der Waals surface area contributed by atoms with Gasteiger partial charge in [-0.3, -0.25) is 14.6 Å². The number of nitrogens with one attached hydrogen (secondary N) is 1. The number of rotatable bonds is 5. The molecule has 2 aromatic heterocycles. The Morgan fingerprint density at radius 2 is 1.86 bits per heavy atom. The molecule has 0 aliphatic rings. The zero-order chi connectivity index (χ0) is 20.5. The summed E-state index contributed by atoms with van der Waals surface area (Å²) in [7, 11) is 1.79. The molecule has 148 valence electrons. The van der Waals surface area contributed by atoms with Crippen molar-refractivity contribution in [2.75, 3.05) is 7.05 Å². The van der Waals surface area contributed by atoms with Crippen LogP contribution in [0.5, 0.6) is 0 Å². The predicted octanol–water partition coefficient (Wildman–Crippen LogP) is 4.35. The Kier molecular flexibility index (Phi) is 5.11. The highest BCUT2D eigenvalue weighted by molar-refractivity contribution is 6.31. The molecule has 6 nitrogen and oxygen atoms in total. The Bertz CT molecular complexity index is 1190. The van der Waals surface area contributed by atoms with E-state index in [0.717, 1.165) is 38.4 Å². The Hall–Kier alpha value is -3.12. The number of nitrogens with zero attached hydrogens (tertiary/aromatic N) is 4. The molecule has 0 unspecified atom stereocenters. The minimum atomic E-state index is -0.125. The van der Waals surface area contributed by atoms with Gasteiger partial charge in [-0.2, -0.15) is 10.2 Å². The van der Waals surface area contributed by atoms with E-state index in [1.807, 2.05) is 67.1 Å². The number of benzene rings is 2. The number of amides is 1. The lowest BCUT2D eigenvalue weighted by atomic mass is 10.1. The lowest BCUT2D eigenvalue weighted by Crippen LogP contribution is -2.27. The zero-order valence-electron chi connectivity index (χ0n) is 16.6. The smallest absolute Gasteiger partial charge is 0.275 e. The van der Waals surface area contributed by atoms with Gasteiger partial charge in [0.15, 0.2) is 5.69 Å². The van der Waals surface area contributed by atoms with Crippen LogP contribution in [0.2, 0.25) is 5.02 Å². The van der Waals surface area contributed by atoms with Crippen molar-refractivity contribution in [3.63, 3.8) is 0 Å². The maximum atomic E-state index is 13.0. The predicted molar refractivity (Wildman–Crippen MR) is 114 cm³/mol. The summed E-state index contributed by atoms with van der Waals surface area (Å²) in [5.74, 6) is -0.125. The molecule has 0 fully saturated rings. The molecule has 0 bridgehead atoms. The lowest BCUT2D eigenvalue weighted by molar-refractivity contribution is 0.0780. The minimum absolute atomic E-state index is 0.125. The van der Waals surface area contributed by atoms with E-state index < -0.39 is 0 Å². The zero-order valence-corrected chi connectivity index (χ0v) is 17.4. The SMILES string of the molecule is Cc1nn(Cc2ccccc2Cl)c(C)c1CN(C)C(=O)c1n[nH]c2ccccc12. The van der Waals surface area contributed by atoms with Crippen molar-refractivity contribution >= 4 is 28.4 Å². The van der Waals surface area contributed by atoms with E-state index in [9.17, 15) is 4.79 Å². The monoisotopic (exact) mass is 407 g/mol. The number of carbonyl (C=O) groups excluding carboxylic acids is 1. The maximum Gasteiger partial charge on any atom is 0.275 e. The highest BCUT2D eigenvalue weighted by Gasteiger charge is 2.21. The van der Waals surface area contributed by atoms with E-state index in [4.69, 9.17) is 11.6 Å². The van der Waals surface area contributed by atoms with Crippen molar-refractivity contribution in [2.45, 2.75) is 26.9 Å². The molecule has 0 atom stereocenters. The first-order valence-electron chi connectivity index (χ1n) is 9.40. The molecule has 2 heterocycles. The molecular formula is C22H22ClN5O. The summed E-state index contributed by atoms with van der Waals surface area (Å²) >= 11 is 6.30. The molecule has 0 saturated carbocycles. The number of halogens is 1. The Balaban J connectivity index is 1.57. The number of aromatic nitrogens is 4. The Morgan fingerprint density at radius 3 is 2.66 bits per heavy atom. The van der Waals surface area contributed by atoms with Gasteiger partial charge < -0.3 is 4.90 Å². The normalized spacial score (nSPS) is 11.2. The van der Waals surface area contributed by atoms with Gasteiger partial charge in [0, 0.05) is 35.3 Å². The summed E-state index contributed by atoms with van der Waals surface area (Å²) in [6.07, 6.45) is 0. The second-order valence-electron chi connectivity index (χ2n) is 7.18. The van der Waals surface area contributed by atoms with Gasteiger partial charge in [-0.15, -0.1) is 0 Å². The number of hydrogen-bond donors (Lipinski definition) is 1. The van der Waals surface area contributed by atoms with Crippen LogP contribution in [0, 0.1) is 13.8 Å². The van der Waals surface area contributed by atoms with E-state index >= 15 is 0 Å². The summed E-state index contributed by atoms with van der Waals surface area (Å²) in [5.41, 5.74) is 5.26. The third-order valence-corrected chi connectivity index (χ3v) is 5.59. The maximum absolute atomic E-state index is 13.0. The van der Waals surface area contributed by atoms with Gasteiger partial charge in [0.05, 0.1) is 17.8 Å². The third kappa shape index (κ3) is 3.63. The number of aryl methyl sites for hydroxylation is 1. The average Bonchev–Trinajstić information content (AvgIpc) is 3.26. The molecule has 29 heavy (non-hydrogen) atoms. The molecule has 0 saturated heterocycles. The van der Waals surface area contributed by atoms with Crippen LogP contribution in [0.4, 0.5) is 0 Å². The van der Waals surface area contributed by atoms with Crippen molar-refractivity contribution in [1.29, 1.82) is 0 Å². The largest absolute Gasteiger partial charge is 0.336 e. The van der Waals surface area contributed by atoms with Crippen LogP contribution in [0.1, 0.15) is 33.0 Å². The molecule has 0 aliphatic carbocycles. The van der Waals surface area contributed by atoms with Crippen LogP contribution in [-0.2, 0) is 13.1 Å². The number of hydrogen-bond acceptors (Lipinski definition) is 3. The Morgan fingerprint density at radius 1 is 1.14 bits per heavy atom. The van der Waals surface area contributed by atoms with Crippen LogP contribution in [0.3, 0.4) is 0 Å². The van der Waals surface area contributed by atoms with Gasteiger partial charge in [-0.1, -0.05) is 48.0 Å². The summed E-state index contributed by atoms with van der Waals surface area (Å²) in [6, 6.07) is 15.4. The van der Waals surface area contributed by atoms with Crippen molar-refractivity contribution in [3.8, 4) is 0 Å². The summed E-state index contributed by atoms with van der Waals surface area (Å²) in [4.78, 5) is 14.7.